The van der Waals surface area contributed by atoms with Crippen molar-refractivity contribution in [2.24, 2.45) is 0 Å². The predicted octanol–water partition coefficient (Wildman–Crippen LogP) is 3.04. The van der Waals surface area contributed by atoms with Crippen molar-refractivity contribution in [3.05, 3.63) is 28.7 Å². The van der Waals surface area contributed by atoms with Crippen LogP contribution in [0.2, 0.25) is 5.02 Å². The minimum atomic E-state index is -4.45. The Morgan fingerprint density at radius 1 is 1.43 bits per heavy atom. The van der Waals surface area contributed by atoms with Gasteiger partial charge in [-0.2, -0.15) is 13.2 Å². The van der Waals surface area contributed by atoms with Crippen LogP contribution in [0.15, 0.2) is 12.3 Å². The molecule has 1 aliphatic heterocycles. The molecule has 21 heavy (non-hydrogen) atoms. The van der Waals surface area contributed by atoms with Gasteiger partial charge in [-0.15, -0.1) is 10.2 Å². The third-order valence-electron chi connectivity index (χ3n) is 4.18. The molecule has 0 saturated carbocycles. The van der Waals surface area contributed by atoms with Crippen molar-refractivity contribution in [2.45, 2.75) is 31.4 Å². The first kappa shape index (κ1) is 14.6. The molecule has 0 radical (unpaired) electrons. The van der Waals surface area contributed by atoms with Gasteiger partial charge >= 0.3 is 6.18 Å². The first-order valence-electron chi connectivity index (χ1n) is 6.70. The molecule has 4 nitrogen and oxygen atoms in total. The third kappa shape index (κ3) is 2.28. The summed E-state index contributed by atoms with van der Waals surface area (Å²) in [5, 5.41) is 11.3. The lowest BCUT2D eigenvalue weighted by molar-refractivity contribution is -0.137. The molecule has 2 aromatic rings. The molecule has 0 amide bonds. The Morgan fingerprint density at radius 2 is 2.19 bits per heavy atom. The van der Waals surface area contributed by atoms with Crippen molar-refractivity contribution < 1.29 is 13.2 Å². The molecular formula is C13H14ClF3N4. The number of halogens is 4. The molecule has 3 rings (SSSR count). The van der Waals surface area contributed by atoms with Crippen LogP contribution in [0.5, 0.6) is 0 Å². The summed E-state index contributed by atoms with van der Waals surface area (Å²) in [5.74, 6) is 0.540. The van der Waals surface area contributed by atoms with Crippen molar-refractivity contribution in [1.29, 1.82) is 0 Å². The summed E-state index contributed by atoms with van der Waals surface area (Å²) in [6, 6.07) is 0.890. The number of hydrogen-bond donors (Lipinski definition) is 1. The number of nitrogens with zero attached hydrogens (tertiary/aromatic N) is 3. The lowest BCUT2D eigenvalue weighted by Gasteiger charge is -2.24. The van der Waals surface area contributed by atoms with E-state index < -0.39 is 11.7 Å². The third-order valence-corrected chi connectivity index (χ3v) is 4.46. The lowest BCUT2D eigenvalue weighted by atomic mass is 9.83. The van der Waals surface area contributed by atoms with E-state index in [4.69, 9.17) is 11.6 Å². The monoisotopic (exact) mass is 318 g/mol. The van der Waals surface area contributed by atoms with Gasteiger partial charge in [0, 0.05) is 18.2 Å². The second-order valence-corrected chi connectivity index (χ2v) is 5.76. The van der Waals surface area contributed by atoms with E-state index in [0.717, 1.165) is 31.6 Å². The molecule has 1 saturated heterocycles. The molecule has 1 atom stereocenters. The summed E-state index contributed by atoms with van der Waals surface area (Å²) in [6.45, 7) is 3.50. The highest BCUT2D eigenvalue weighted by molar-refractivity contribution is 6.33. The highest BCUT2D eigenvalue weighted by Gasteiger charge is 2.39. The van der Waals surface area contributed by atoms with Crippen LogP contribution < -0.4 is 5.32 Å². The molecule has 0 bridgehead atoms. The zero-order chi connectivity index (χ0) is 15.3. The molecule has 2 aromatic heterocycles. The first-order chi connectivity index (χ1) is 9.87. The Morgan fingerprint density at radius 3 is 2.76 bits per heavy atom. The number of fused-ring (bicyclic) bond motifs is 1. The lowest BCUT2D eigenvalue weighted by Crippen LogP contribution is -2.30. The second-order valence-electron chi connectivity index (χ2n) is 5.35. The summed E-state index contributed by atoms with van der Waals surface area (Å²) < 4.78 is 40.3. The minimum Gasteiger partial charge on any atom is -0.316 e. The second kappa shape index (κ2) is 4.84. The van der Waals surface area contributed by atoms with Crippen molar-refractivity contribution in [3.63, 3.8) is 0 Å². The molecule has 8 heteroatoms. The number of alkyl halides is 3. The molecular weight excluding hydrogens is 305 g/mol. The molecule has 1 N–H and O–H groups in total. The Hall–Kier alpha value is -1.34. The summed E-state index contributed by atoms with van der Waals surface area (Å²) >= 11 is 5.94. The standard InChI is InChI=1S/C13H14ClF3N4/c1-2-12(3-4-18-7-12)11-20-19-10-9(14)5-8(6-21(10)11)13(15,16)17/h5-6,18H,2-4,7H2,1H3. The minimum absolute atomic E-state index is 0.0409. The predicted molar refractivity (Wildman–Crippen MR) is 72.5 cm³/mol. The maximum absolute atomic E-state index is 13.0. The van der Waals surface area contributed by atoms with E-state index in [2.05, 4.69) is 15.5 Å². The molecule has 0 aliphatic carbocycles. The largest absolute Gasteiger partial charge is 0.417 e. The number of pyridine rings is 1. The van der Waals surface area contributed by atoms with Gasteiger partial charge in [0.15, 0.2) is 5.65 Å². The quantitative estimate of drug-likeness (QED) is 0.925. The van der Waals surface area contributed by atoms with Gasteiger partial charge in [-0.05, 0) is 25.5 Å². The Labute approximate surface area is 124 Å². The van der Waals surface area contributed by atoms with Gasteiger partial charge in [-0.25, -0.2) is 0 Å². The van der Waals surface area contributed by atoms with Gasteiger partial charge in [0.1, 0.15) is 5.82 Å². The summed E-state index contributed by atoms with van der Waals surface area (Å²) in [6.07, 6.45) is -1.83. The molecule has 1 unspecified atom stereocenters. The van der Waals surface area contributed by atoms with Crippen molar-refractivity contribution in [3.8, 4) is 0 Å². The topological polar surface area (TPSA) is 42.2 Å². The number of hydrogen-bond acceptors (Lipinski definition) is 3. The van der Waals surface area contributed by atoms with Crippen LogP contribution in [-0.2, 0) is 11.6 Å². The Kier molecular flexibility index (Phi) is 3.37. The van der Waals surface area contributed by atoms with Crippen molar-refractivity contribution in [1.82, 2.24) is 19.9 Å². The van der Waals surface area contributed by atoms with E-state index in [1.54, 1.807) is 0 Å². The van der Waals surface area contributed by atoms with Crippen LogP contribution in [0.1, 0.15) is 31.2 Å². The SMILES string of the molecule is CCC1(c2nnc3c(Cl)cc(C(F)(F)F)cn23)CCNC1. The number of aromatic nitrogens is 3. The molecule has 0 aromatic carbocycles. The van der Waals surface area contributed by atoms with Gasteiger partial charge in [0.05, 0.1) is 10.6 Å². The normalized spacial score (nSPS) is 23.1. The van der Waals surface area contributed by atoms with E-state index in [1.807, 2.05) is 6.92 Å². The van der Waals surface area contributed by atoms with Crippen molar-refractivity contribution in [2.75, 3.05) is 13.1 Å². The maximum Gasteiger partial charge on any atom is 0.417 e. The van der Waals surface area contributed by atoms with Gasteiger partial charge in [-0.3, -0.25) is 4.40 Å². The molecule has 1 fully saturated rings. The zero-order valence-electron chi connectivity index (χ0n) is 11.3. The summed E-state index contributed by atoms with van der Waals surface area (Å²) in [4.78, 5) is 0. The Balaban J connectivity index is 2.23. The highest BCUT2D eigenvalue weighted by atomic mass is 35.5. The molecule has 114 valence electrons. The smallest absolute Gasteiger partial charge is 0.316 e. The van der Waals surface area contributed by atoms with Gasteiger partial charge in [0.2, 0.25) is 0 Å². The van der Waals surface area contributed by atoms with Crippen LogP contribution in [-0.4, -0.2) is 27.7 Å². The van der Waals surface area contributed by atoms with Gasteiger partial charge in [0.25, 0.3) is 0 Å². The summed E-state index contributed by atoms with van der Waals surface area (Å²) in [5.41, 5.74) is -0.829. The fourth-order valence-corrected chi connectivity index (χ4v) is 3.11. The molecule has 1 aliphatic rings. The van der Waals surface area contributed by atoms with Crippen LogP contribution in [0, 0.1) is 0 Å². The van der Waals surface area contributed by atoms with E-state index in [9.17, 15) is 13.2 Å². The van der Waals surface area contributed by atoms with Crippen LogP contribution in [0.4, 0.5) is 13.2 Å². The fraction of sp³-hybridized carbons (Fsp3) is 0.538. The van der Waals surface area contributed by atoms with E-state index >= 15 is 0 Å². The van der Waals surface area contributed by atoms with Gasteiger partial charge in [-0.1, -0.05) is 18.5 Å². The van der Waals surface area contributed by atoms with Crippen molar-refractivity contribution >= 4 is 17.2 Å². The van der Waals surface area contributed by atoms with E-state index in [1.165, 1.54) is 4.40 Å². The van der Waals surface area contributed by atoms with Crippen LogP contribution >= 0.6 is 11.6 Å². The van der Waals surface area contributed by atoms with Crippen LogP contribution in [0.25, 0.3) is 5.65 Å². The van der Waals surface area contributed by atoms with Crippen LogP contribution in [0.3, 0.4) is 0 Å². The first-order valence-corrected chi connectivity index (χ1v) is 7.08. The average Bonchev–Trinajstić information content (AvgIpc) is 3.04. The van der Waals surface area contributed by atoms with E-state index in [-0.39, 0.29) is 16.1 Å². The molecule has 3 heterocycles. The van der Waals surface area contributed by atoms with Gasteiger partial charge < -0.3 is 5.32 Å². The number of rotatable bonds is 2. The number of nitrogens with one attached hydrogen (secondary N) is 1. The molecule has 0 spiro atoms. The van der Waals surface area contributed by atoms with E-state index in [0.29, 0.717) is 12.4 Å². The zero-order valence-corrected chi connectivity index (χ0v) is 12.1. The Bertz CT molecular complexity index is 674. The maximum atomic E-state index is 13.0. The highest BCUT2D eigenvalue weighted by Crippen LogP contribution is 2.36. The fourth-order valence-electron chi connectivity index (χ4n) is 2.87. The summed E-state index contributed by atoms with van der Waals surface area (Å²) in [7, 11) is 0. The average molecular weight is 319 g/mol.